The summed E-state index contributed by atoms with van der Waals surface area (Å²) in [7, 11) is -3.08. The van der Waals surface area contributed by atoms with Crippen LogP contribution in [-0.2, 0) is 16.3 Å². The number of benzene rings is 2. The Balaban J connectivity index is 1.39. The highest BCUT2D eigenvalue weighted by Gasteiger charge is 2.34. The summed E-state index contributed by atoms with van der Waals surface area (Å²) in [5, 5.41) is 8.53. The summed E-state index contributed by atoms with van der Waals surface area (Å²) in [6.07, 6.45) is 3.32. The molecule has 7 nitrogen and oxygen atoms in total. The smallest absolute Gasteiger partial charge is 0.256 e. The highest BCUT2D eigenvalue weighted by atomic mass is 32.2. The maximum Gasteiger partial charge on any atom is 0.256 e. The Morgan fingerprint density at radius 3 is 2.53 bits per heavy atom. The molecule has 0 spiro atoms. The van der Waals surface area contributed by atoms with Gasteiger partial charge in [0.05, 0.1) is 34.2 Å². The van der Waals surface area contributed by atoms with Crippen LogP contribution in [0.3, 0.4) is 0 Å². The van der Waals surface area contributed by atoms with Gasteiger partial charge in [-0.2, -0.15) is 5.10 Å². The quantitative estimate of drug-likeness (QED) is 0.410. The molecule has 0 bridgehead atoms. The van der Waals surface area contributed by atoms with Crippen molar-refractivity contribution in [3.8, 4) is 0 Å². The molecule has 2 aromatic carbocycles. The number of fused-ring (bicyclic) bond motifs is 1. The first-order valence-corrected chi connectivity index (χ1v) is 14.2. The zero-order valence-corrected chi connectivity index (χ0v) is 21.0. The predicted molar refractivity (Wildman–Crippen MR) is 140 cm³/mol. The zero-order chi connectivity index (χ0) is 24.9. The molecule has 2 aliphatic rings. The molecule has 6 rings (SSSR count). The van der Waals surface area contributed by atoms with Crippen molar-refractivity contribution in [3.63, 3.8) is 0 Å². The molecule has 36 heavy (non-hydrogen) atoms. The number of nitrogens with zero attached hydrogens (tertiary/aromatic N) is 3. The van der Waals surface area contributed by atoms with Gasteiger partial charge < -0.3 is 5.32 Å². The highest BCUT2D eigenvalue weighted by molar-refractivity contribution is 7.91. The minimum atomic E-state index is -3.08. The first kappa shape index (κ1) is 22.9. The van der Waals surface area contributed by atoms with E-state index in [1.54, 1.807) is 4.68 Å². The Labute approximate surface area is 210 Å². The van der Waals surface area contributed by atoms with Gasteiger partial charge >= 0.3 is 0 Å². The predicted octanol–water partition coefficient (Wildman–Crippen LogP) is 4.82. The lowest BCUT2D eigenvalue weighted by Gasteiger charge is -2.14. The number of para-hydroxylation sites is 1. The molecule has 2 aromatic heterocycles. The van der Waals surface area contributed by atoms with E-state index in [1.807, 2.05) is 55.5 Å². The second-order valence-electron chi connectivity index (χ2n) is 9.93. The largest absolute Gasteiger partial charge is 0.322 e. The van der Waals surface area contributed by atoms with Crippen LogP contribution >= 0.6 is 0 Å². The number of sulfone groups is 1. The minimum absolute atomic E-state index is 0.0624. The number of aromatic nitrogens is 3. The molecule has 1 saturated heterocycles. The van der Waals surface area contributed by atoms with E-state index in [9.17, 15) is 13.2 Å². The molecule has 184 valence electrons. The summed E-state index contributed by atoms with van der Waals surface area (Å²) >= 11 is 0. The monoisotopic (exact) mass is 500 g/mol. The molecule has 3 heterocycles. The van der Waals surface area contributed by atoms with Crippen LogP contribution in [0.4, 0.5) is 5.69 Å². The zero-order valence-electron chi connectivity index (χ0n) is 20.1. The van der Waals surface area contributed by atoms with E-state index in [0.717, 1.165) is 29.8 Å². The number of hydrogen-bond donors (Lipinski definition) is 1. The topological polar surface area (TPSA) is 93.9 Å². The average molecular weight is 501 g/mol. The van der Waals surface area contributed by atoms with E-state index in [2.05, 4.69) is 17.4 Å². The van der Waals surface area contributed by atoms with E-state index < -0.39 is 9.84 Å². The van der Waals surface area contributed by atoms with Gasteiger partial charge in [0.1, 0.15) is 0 Å². The molecular weight excluding hydrogens is 472 g/mol. The van der Waals surface area contributed by atoms with Gasteiger partial charge in [-0.15, -0.1) is 0 Å². The molecule has 2 fully saturated rings. The number of carbonyl (C=O) groups excluding carboxylic acids is 1. The number of pyridine rings is 1. The third-order valence-electron chi connectivity index (χ3n) is 7.15. The van der Waals surface area contributed by atoms with Crippen LogP contribution in [0.25, 0.3) is 11.0 Å². The molecule has 0 radical (unpaired) electrons. The second kappa shape index (κ2) is 8.85. The molecule has 1 aliphatic carbocycles. The summed E-state index contributed by atoms with van der Waals surface area (Å²) < 4.78 is 26.1. The number of aryl methyl sites for hydroxylation is 1. The van der Waals surface area contributed by atoms with E-state index in [1.165, 1.54) is 5.56 Å². The molecule has 8 heteroatoms. The standard InChI is InChI=1S/C28H28N4O3S/c1-18-26-23(28(33)30-24-10-6-5-9-21(24)15-19-7-3-2-4-8-19)16-25(20-11-12-20)29-27(26)32(31-18)22-13-14-36(34,35)17-22/h2-10,16,20,22H,11-15,17H2,1H3,(H,30,33)/t22-/m1/s1. The summed E-state index contributed by atoms with van der Waals surface area (Å²) in [6.45, 7) is 1.86. The Morgan fingerprint density at radius 1 is 1.06 bits per heavy atom. The van der Waals surface area contributed by atoms with Crippen LogP contribution in [0.15, 0.2) is 60.7 Å². The second-order valence-corrected chi connectivity index (χ2v) is 12.2. The van der Waals surface area contributed by atoms with Crippen molar-refractivity contribution >= 4 is 32.5 Å². The van der Waals surface area contributed by atoms with Crippen molar-refractivity contribution < 1.29 is 13.2 Å². The van der Waals surface area contributed by atoms with Gasteiger partial charge in [-0.3, -0.25) is 4.79 Å². The minimum Gasteiger partial charge on any atom is -0.322 e. The van der Waals surface area contributed by atoms with Gasteiger partial charge in [0.15, 0.2) is 15.5 Å². The van der Waals surface area contributed by atoms with Crippen LogP contribution in [0, 0.1) is 6.92 Å². The van der Waals surface area contributed by atoms with Crippen LogP contribution in [0.5, 0.6) is 0 Å². The lowest BCUT2D eigenvalue weighted by molar-refractivity contribution is 0.102. The number of anilines is 1. The number of amides is 1. The normalized spacial score (nSPS) is 19.0. The molecule has 1 amide bonds. The van der Waals surface area contributed by atoms with Crippen molar-refractivity contribution in [2.75, 3.05) is 16.8 Å². The molecule has 1 saturated carbocycles. The molecule has 0 unspecified atom stereocenters. The average Bonchev–Trinajstić information content (AvgIpc) is 3.58. The number of nitrogens with one attached hydrogen (secondary N) is 1. The summed E-state index contributed by atoms with van der Waals surface area (Å²) in [5.41, 5.74) is 5.71. The fourth-order valence-corrected chi connectivity index (χ4v) is 6.82. The Hall–Kier alpha value is -3.52. The highest BCUT2D eigenvalue weighted by Crippen LogP contribution is 2.41. The third-order valence-corrected chi connectivity index (χ3v) is 8.90. The SMILES string of the molecule is Cc1nn([C@@H]2CCS(=O)(=O)C2)c2nc(C3CC3)cc(C(=O)Nc3ccccc3Cc3ccccc3)c12. The van der Waals surface area contributed by atoms with Crippen molar-refractivity contribution in [1.29, 1.82) is 0 Å². The Bertz CT molecular complexity index is 1570. The van der Waals surface area contributed by atoms with E-state index in [0.29, 0.717) is 41.1 Å². The summed E-state index contributed by atoms with van der Waals surface area (Å²) in [4.78, 5) is 18.6. The van der Waals surface area contributed by atoms with Crippen molar-refractivity contribution in [1.82, 2.24) is 14.8 Å². The number of carbonyl (C=O) groups is 1. The van der Waals surface area contributed by atoms with Gasteiger partial charge in [0, 0.05) is 17.3 Å². The number of rotatable bonds is 6. The molecule has 4 aromatic rings. The fraction of sp³-hybridized carbons (Fsp3) is 0.321. The van der Waals surface area contributed by atoms with Crippen molar-refractivity contribution in [2.24, 2.45) is 0 Å². The van der Waals surface area contributed by atoms with Crippen LogP contribution in [0.1, 0.15) is 64.1 Å². The van der Waals surface area contributed by atoms with Gasteiger partial charge in [-0.05, 0) is 55.9 Å². The molecule has 1 aliphatic heterocycles. The lowest BCUT2D eigenvalue weighted by atomic mass is 10.0. The van der Waals surface area contributed by atoms with Gasteiger partial charge in [-0.25, -0.2) is 18.1 Å². The third kappa shape index (κ3) is 4.41. The van der Waals surface area contributed by atoms with Gasteiger partial charge in [0.25, 0.3) is 5.91 Å². The van der Waals surface area contributed by atoms with Gasteiger partial charge in [-0.1, -0.05) is 48.5 Å². The van der Waals surface area contributed by atoms with Crippen LogP contribution in [-0.4, -0.2) is 40.6 Å². The Morgan fingerprint density at radius 2 is 1.81 bits per heavy atom. The van der Waals surface area contributed by atoms with Crippen LogP contribution in [0.2, 0.25) is 0 Å². The maximum atomic E-state index is 13.7. The van der Waals surface area contributed by atoms with Crippen LogP contribution < -0.4 is 5.32 Å². The maximum absolute atomic E-state index is 13.7. The van der Waals surface area contributed by atoms with Crippen molar-refractivity contribution in [3.05, 3.63) is 88.7 Å². The van der Waals surface area contributed by atoms with Crippen molar-refractivity contribution in [2.45, 2.75) is 44.6 Å². The van der Waals surface area contributed by atoms with E-state index in [-0.39, 0.29) is 23.5 Å². The summed E-state index contributed by atoms with van der Waals surface area (Å²) in [5.74, 6) is 0.354. The fourth-order valence-electron chi connectivity index (χ4n) is 5.12. The molecule has 1 N–H and O–H groups in total. The van der Waals surface area contributed by atoms with E-state index >= 15 is 0 Å². The Kier molecular flexibility index (Phi) is 5.63. The first-order valence-electron chi connectivity index (χ1n) is 12.4. The lowest BCUT2D eigenvalue weighted by Crippen LogP contribution is -2.16. The number of hydrogen-bond acceptors (Lipinski definition) is 5. The van der Waals surface area contributed by atoms with E-state index in [4.69, 9.17) is 10.1 Å². The first-order chi connectivity index (χ1) is 17.4. The summed E-state index contributed by atoms with van der Waals surface area (Å²) in [6, 6.07) is 19.7. The molecular formula is C28H28N4O3S. The van der Waals surface area contributed by atoms with Gasteiger partial charge in [0.2, 0.25) is 0 Å². The molecule has 1 atom stereocenters.